The van der Waals surface area contributed by atoms with E-state index in [1.165, 1.54) is 5.56 Å². The van der Waals surface area contributed by atoms with Gasteiger partial charge in [-0.15, -0.1) is 0 Å². The largest absolute Gasteiger partial charge is 0.493 e. The Bertz CT molecular complexity index is 692. The Hall–Kier alpha value is -2.08. The van der Waals surface area contributed by atoms with Gasteiger partial charge in [0.25, 0.3) is 0 Å². The molecule has 2 aliphatic rings. The van der Waals surface area contributed by atoms with E-state index in [0.29, 0.717) is 26.1 Å². The third kappa shape index (κ3) is 5.47. The van der Waals surface area contributed by atoms with Gasteiger partial charge in [-0.25, -0.2) is 0 Å². The van der Waals surface area contributed by atoms with Crippen LogP contribution in [0.3, 0.4) is 0 Å². The predicted octanol–water partition coefficient (Wildman–Crippen LogP) is 2.28. The number of unbranched alkanes of at least 4 members (excludes halogenated alkanes) is 1. The molecule has 1 N–H and O–H groups in total. The van der Waals surface area contributed by atoms with Crippen LogP contribution in [-0.4, -0.2) is 67.0 Å². The number of hydrogen-bond donors (Lipinski definition) is 1. The van der Waals surface area contributed by atoms with Gasteiger partial charge in [-0.3, -0.25) is 9.59 Å². The van der Waals surface area contributed by atoms with Crippen molar-refractivity contribution >= 4 is 11.8 Å². The van der Waals surface area contributed by atoms with Gasteiger partial charge in [-0.2, -0.15) is 0 Å². The predicted molar refractivity (Wildman–Crippen MR) is 109 cm³/mol. The number of benzene rings is 1. The molecule has 154 valence electrons. The highest BCUT2D eigenvalue weighted by atomic mass is 16.5. The molecule has 0 spiro atoms. The topological polar surface area (TPSA) is 61.9 Å². The van der Waals surface area contributed by atoms with Gasteiger partial charge in [0.05, 0.1) is 13.2 Å². The van der Waals surface area contributed by atoms with E-state index in [-0.39, 0.29) is 17.9 Å². The molecule has 6 heteroatoms. The van der Waals surface area contributed by atoms with Gasteiger partial charge in [0.2, 0.25) is 11.8 Å². The Labute approximate surface area is 168 Å². The maximum Gasteiger partial charge on any atom is 0.236 e. The molecule has 2 saturated heterocycles. The Morgan fingerprint density at radius 2 is 2.11 bits per heavy atom. The smallest absolute Gasteiger partial charge is 0.236 e. The first-order chi connectivity index (χ1) is 13.5. The molecule has 1 aromatic rings. The van der Waals surface area contributed by atoms with Crippen LogP contribution in [-0.2, 0) is 9.59 Å². The molecule has 0 radical (unpaired) electrons. The summed E-state index contributed by atoms with van der Waals surface area (Å²) in [7, 11) is 0. The number of carbonyl (C=O) groups is 2. The quantitative estimate of drug-likeness (QED) is 0.729. The first-order valence-corrected chi connectivity index (χ1v) is 10.5. The third-order valence-electron chi connectivity index (χ3n) is 5.70. The van der Waals surface area contributed by atoms with E-state index < -0.39 is 0 Å². The average molecular weight is 388 g/mol. The van der Waals surface area contributed by atoms with E-state index in [4.69, 9.17) is 4.74 Å². The van der Waals surface area contributed by atoms with Crippen LogP contribution in [0.4, 0.5) is 0 Å². The molecule has 3 rings (SSSR count). The number of carbonyl (C=O) groups excluding carboxylic acids is 2. The van der Waals surface area contributed by atoms with Crippen molar-refractivity contribution in [2.24, 2.45) is 0 Å². The number of piperazine rings is 1. The Kier molecular flexibility index (Phi) is 7.31. The molecule has 2 aliphatic heterocycles. The van der Waals surface area contributed by atoms with Crippen LogP contribution in [0.2, 0.25) is 0 Å². The van der Waals surface area contributed by atoms with Crippen molar-refractivity contribution in [1.82, 2.24) is 15.1 Å². The van der Waals surface area contributed by atoms with Gasteiger partial charge in [0.1, 0.15) is 5.75 Å². The van der Waals surface area contributed by atoms with Crippen LogP contribution in [0.5, 0.6) is 5.75 Å². The van der Waals surface area contributed by atoms with E-state index in [2.05, 4.69) is 30.4 Å². The number of hydrogen-bond acceptors (Lipinski definition) is 4. The molecule has 2 fully saturated rings. The van der Waals surface area contributed by atoms with Crippen LogP contribution >= 0.6 is 0 Å². The van der Waals surface area contributed by atoms with Crippen LogP contribution in [0.15, 0.2) is 18.2 Å². The van der Waals surface area contributed by atoms with Gasteiger partial charge in [0, 0.05) is 38.6 Å². The molecular formula is C22H33N3O3. The first-order valence-electron chi connectivity index (χ1n) is 10.5. The summed E-state index contributed by atoms with van der Waals surface area (Å²) in [4.78, 5) is 28.7. The number of amides is 2. The van der Waals surface area contributed by atoms with Crippen molar-refractivity contribution in [3.05, 3.63) is 29.3 Å². The van der Waals surface area contributed by atoms with Crippen LogP contribution in [0.1, 0.15) is 43.2 Å². The second-order valence-electron chi connectivity index (χ2n) is 7.97. The Morgan fingerprint density at radius 1 is 1.25 bits per heavy atom. The number of nitrogens with zero attached hydrogens (tertiary/aromatic N) is 2. The second-order valence-corrected chi connectivity index (χ2v) is 7.97. The minimum atomic E-state index is 0.161. The summed E-state index contributed by atoms with van der Waals surface area (Å²) in [6.07, 6.45) is 4.23. The van der Waals surface area contributed by atoms with Gasteiger partial charge in [-0.1, -0.05) is 12.1 Å². The highest BCUT2D eigenvalue weighted by molar-refractivity contribution is 5.80. The summed E-state index contributed by atoms with van der Waals surface area (Å²) in [5, 5.41) is 3.11. The van der Waals surface area contributed by atoms with Crippen molar-refractivity contribution < 1.29 is 14.3 Å². The molecule has 0 aliphatic carbocycles. The van der Waals surface area contributed by atoms with Crippen molar-refractivity contribution in [2.45, 2.75) is 52.0 Å². The molecule has 0 saturated carbocycles. The number of aryl methyl sites for hydroxylation is 2. The molecule has 0 bridgehead atoms. The zero-order valence-corrected chi connectivity index (χ0v) is 17.2. The minimum Gasteiger partial charge on any atom is -0.493 e. The fourth-order valence-corrected chi connectivity index (χ4v) is 4.02. The SMILES string of the molecule is Cc1ccc(C)c(OCCCCC(=O)N2CCCC(N3CCNCC3=O)C2)c1. The molecule has 6 nitrogen and oxygen atoms in total. The number of likely N-dealkylation sites (tertiary alicyclic amines) is 1. The standard InChI is InChI=1S/C22H33N3O3/c1-17-8-9-18(2)20(14-17)28-13-4-3-7-21(26)24-11-5-6-19(16-24)25-12-10-23-15-22(25)27/h8-9,14,19,23H,3-7,10-13,15-16H2,1-2H3. The molecular weight excluding hydrogens is 354 g/mol. The lowest BCUT2D eigenvalue weighted by atomic mass is 10.0. The van der Waals surface area contributed by atoms with E-state index in [0.717, 1.165) is 56.6 Å². The van der Waals surface area contributed by atoms with Gasteiger partial charge in [-0.05, 0) is 56.7 Å². The Balaban J connectivity index is 1.38. The van der Waals surface area contributed by atoms with E-state index in [9.17, 15) is 9.59 Å². The fraction of sp³-hybridized carbons (Fsp3) is 0.636. The molecule has 2 amide bonds. The maximum absolute atomic E-state index is 12.6. The second kappa shape index (κ2) is 9.92. The lowest BCUT2D eigenvalue weighted by Crippen LogP contribution is -2.57. The van der Waals surface area contributed by atoms with Gasteiger partial charge < -0.3 is 19.9 Å². The van der Waals surface area contributed by atoms with Crippen molar-refractivity contribution in [3.8, 4) is 5.75 Å². The van der Waals surface area contributed by atoms with E-state index in [1.54, 1.807) is 0 Å². The highest BCUT2D eigenvalue weighted by Gasteiger charge is 2.31. The third-order valence-corrected chi connectivity index (χ3v) is 5.70. The van der Waals surface area contributed by atoms with Crippen LogP contribution in [0, 0.1) is 13.8 Å². The zero-order valence-electron chi connectivity index (χ0n) is 17.2. The van der Waals surface area contributed by atoms with E-state index in [1.807, 2.05) is 16.7 Å². The summed E-state index contributed by atoms with van der Waals surface area (Å²) >= 11 is 0. The number of nitrogens with one attached hydrogen (secondary N) is 1. The summed E-state index contributed by atoms with van der Waals surface area (Å²) in [6, 6.07) is 6.40. The Morgan fingerprint density at radius 3 is 2.93 bits per heavy atom. The van der Waals surface area contributed by atoms with Gasteiger partial charge >= 0.3 is 0 Å². The fourth-order valence-electron chi connectivity index (χ4n) is 4.02. The zero-order chi connectivity index (χ0) is 19.9. The lowest BCUT2D eigenvalue weighted by molar-refractivity contribution is -0.140. The summed E-state index contributed by atoms with van der Waals surface area (Å²) in [6.45, 7) is 8.26. The summed E-state index contributed by atoms with van der Waals surface area (Å²) in [5.74, 6) is 1.30. The highest BCUT2D eigenvalue weighted by Crippen LogP contribution is 2.20. The summed E-state index contributed by atoms with van der Waals surface area (Å²) < 4.78 is 5.88. The normalized spacial score (nSPS) is 20.4. The van der Waals surface area contributed by atoms with Crippen LogP contribution < -0.4 is 10.1 Å². The average Bonchev–Trinajstić information content (AvgIpc) is 2.70. The molecule has 1 aromatic carbocycles. The molecule has 1 atom stereocenters. The molecule has 28 heavy (non-hydrogen) atoms. The van der Waals surface area contributed by atoms with Crippen molar-refractivity contribution in [3.63, 3.8) is 0 Å². The number of rotatable bonds is 7. The monoisotopic (exact) mass is 387 g/mol. The van der Waals surface area contributed by atoms with E-state index >= 15 is 0 Å². The molecule has 1 unspecified atom stereocenters. The lowest BCUT2D eigenvalue weighted by Gasteiger charge is -2.41. The van der Waals surface area contributed by atoms with Gasteiger partial charge in [0.15, 0.2) is 0 Å². The van der Waals surface area contributed by atoms with Crippen molar-refractivity contribution in [2.75, 3.05) is 39.3 Å². The summed E-state index contributed by atoms with van der Waals surface area (Å²) in [5.41, 5.74) is 2.34. The first kappa shape index (κ1) is 20.6. The number of ether oxygens (including phenoxy) is 1. The molecule has 0 aromatic heterocycles. The number of piperidine rings is 1. The van der Waals surface area contributed by atoms with Crippen LogP contribution in [0.25, 0.3) is 0 Å². The molecule has 2 heterocycles. The van der Waals surface area contributed by atoms with Crippen molar-refractivity contribution in [1.29, 1.82) is 0 Å². The minimum absolute atomic E-state index is 0.161. The maximum atomic E-state index is 12.6.